The average molecular weight is 292 g/mol. The summed E-state index contributed by atoms with van der Waals surface area (Å²) in [5.41, 5.74) is 0. The van der Waals surface area contributed by atoms with E-state index in [9.17, 15) is 4.79 Å². The lowest BCUT2D eigenvalue weighted by atomic mass is 10.1. The first-order chi connectivity index (χ1) is 10.3. The molecule has 116 valence electrons. The van der Waals surface area contributed by atoms with E-state index < -0.39 is 0 Å². The third-order valence-corrected chi connectivity index (χ3v) is 4.42. The Morgan fingerprint density at radius 3 is 3.10 bits per heavy atom. The number of nitrogens with one attached hydrogen (secondary N) is 1. The summed E-state index contributed by atoms with van der Waals surface area (Å²) < 4.78 is 7.72. The van der Waals surface area contributed by atoms with Crippen LogP contribution in [0.3, 0.4) is 0 Å². The molecule has 2 aliphatic heterocycles. The Kier molecular flexibility index (Phi) is 4.53. The topological polar surface area (TPSA) is 69.0 Å². The van der Waals surface area contributed by atoms with Gasteiger partial charge in [-0.2, -0.15) is 0 Å². The highest BCUT2D eigenvalue weighted by Gasteiger charge is 2.24. The lowest BCUT2D eigenvalue weighted by Gasteiger charge is -2.25. The second-order valence-corrected chi connectivity index (χ2v) is 5.97. The second kappa shape index (κ2) is 6.56. The number of aromatic nitrogens is 3. The monoisotopic (exact) mass is 292 g/mol. The predicted octanol–water partition coefficient (Wildman–Crippen LogP) is 1.23. The van der Waals surface area contributed by atoms with E-state index in [-0.39, 0.29) is 11.9 Å². The molecule has 21 heavy (non-hydrogen) atoms. The van der Waals surface area contributed by atoms with E-state index in [1.807, 2.05) is 0 Å². The molecular formula is C15H24N4O2. The van der Waals surface area contributed by atoms with Gasteiger partial charge in [-0.3, -0.25) is 4.79 Å². The largest absolute Gasteiger partial charge is 0.378 e. The lowest BCUT2D eigenvalue weighted by Crippen LogP contribution is -2.41. The Labute approximate surface area is 125 Å². The van der Waals surface area contributed by atoms with Gasteiger partial charge in [0.1, 0.15) is 11.6 Å². The smallest absolute Gasteiger partial charge is 0.220 e. The van der Waals surface area contributed by atoms with Crippen LogP contribution >= 0.6 is 0 Å². The van der Waals surface area contributed by atoms with Gasteiger partial charge in [0.15, 0.2) is 0 Å². The molecule has 6 nitrogen and oxygen atoms in total. The van der Waals surface area contributed by atoms with Crippen LogP contribution in [0.15, 0.2) is 0 Å². The van der Waals surface area contributed by atoms with Crippen LogP contribution in [-0.4, -0.2) is 39.4 Å². The molecule has 1 N–H and O–H groups in total. The van der Waals surface area contributed by atoms with Crippen LogP contribution in [0.1, 0.15) is 50.7 Å². The lowest BCUT2D eigenvalue weighted by molar-refractivity contribution is -0.122. The number of ether oxygens (including phenoxy) is 1. The molecule has 3 rings (SSSR count). The van der Waals surface area contributed by atoms with Crippen molar-refractivity contribution >= 4 is 5.91 Å². The number of hydrogen-bond donors (Lipinski definition) is 1. The normalized spacial score (nSPS) is 24.8. The van der Waals surface area contributed by atoms with Crippen molar-refractivity contribution < 1.29 is 9.53 Å². The van der Waals surface area contributed by atoms with E-state index in [1.165, 1.54) is 0 Å². The van der Waals surface area contributed by atoms with Crippen molar-refractivity contribution in [2.24, 2.45) is 0 Å². The minimum Gasteiger partial charge on any atom is -0.378 e. The standard InChI is InChI=1S/C15H24N4O2/c1-2-13-17-18-14-7-5-11(10-19(13)14)16-15(20)8-6-12-4-3-9-21-12/h11-12H,2-10H2,1H3,(H,16,20). The fraction of sp³-hybridized carbons (Fsp3) is 0.800. The molecule has 1 fully saturated rings. The molecule has 1 saturated heterocycles. The molecule has 1 aromatic rings. The number of carbonyl (C=O) groups excluding carboxylic acids is 1. The van der Waals surface area contributed by atoms with E-state index >= 15 is 0 Å². The van der Waals surface area contributed by atoms with Gasteiger partial charge in [-0.15, -0.1) is 10.2 Å². The van der Waals surface area contributed by atoms with Gasteiger partial charge in [0.2, 0.25) is 5.91 Å². The number of carbonyl (C=O) groups is 1. The molecule has 6 heteroatoms. The first-order valence-corrected chi connectivity index (χ1v) is 8.08. The van der Waals surface area contributed by atoms with Crippen molar-refractivity contribution in [3.8, 4) is 0 Å². The fourth-order valence-electron chi connectivity index (χ4n) is 3.23. The van der Waals surface area contributed by atoms with Crippen LogP contribution in [0, 0.1) is 0 Å². The van der Waals surface area contributed by atoms with Gasteiger partial charge < -0.3 is 14.6 Å². The summed E-state index contributed by atoms with van der Waals surface area (Å²) in [6.45, 7) is 3.74. The van der Waals surface area contributed by atoms with Gasteiger partial charge in [-0.1, -0.05) is 6.92 Å². The van der Waals surface area contributed by atoms with Gasteiger partial charge in [-0.25, -0.2) is 0 Å². The zero-order chi connectivity index (χ0) is 14.7. The number of hydrogen-bond acceptors (Lipinski definition) is 4. The highest BCUT2D eigenvalue weighted by Crippen LogP contribution is 2.18. The highest BCUT2D eigenvalue weighted by molar-refractivity contribution is 5.76. The van der Waals surface area contributed by atoms with E-state index in [1.54, 1.807) is 0 Å². The molecular weight excluding hydrogens is 268 g/mol. The Morgan fingerprint density at radius 2 is 2.33 bits per heavy atom. The number of fused-ring (bicyclic) bond motifs is 1. The van der Waals surface area contributed by atoms with Crippen molar-refractivity contribution in [1.82, 2.24) is 20.1 Å². The SMILES string of the molecule is CCc1nnc2n1CC(NC(=O)CCC1CCCO1)CC2. The van der Waals surface area contributed by atoms with Crippen LogP contribution < -0.4 is 5.32 Å². The Morgan fingerprint density at radius 1 is 1.43 bits per heavy atom. The van der Waals surface area contributed by atoms with Crippen LogP contribution in [-0.2, 0) is 28.9 Å². The molecule has 3 heterocycles. The number of amides is 1. The van der Waals surface area contributed by atoms with Crippen LogP contribution in [0.5, 0.6) is 0 Å². The first kappa shape index (κ1) is 14.5. The molecule has 0 aliphatic carbocycles. The van der Waals surface area contributed by atoms with Gasteiger partial charge in [0, 0.05) is 38.5 Å². The zero-order valence-electron chi connectivity index (χ0n) is 12.7. The number of aryl methyl sites for hydroxylation is 2. The van der Waals surface area contributed by atoms with E-state index in [0.717, 1.165) is 63.3 Å². The Bertz CT molecular complexity index is 480. The van der Waals surface area contributed by atoms with Crippen LogP contribution in [0.4, 0.5) is 0 Å². The minimum atomic E-state index is 0.144. The predicted molar refractivity (Wildman–Crippen MR) is 77.9 cm³/mol. The quantitative estimate of drug-likeness (QED) is 0.886. The molecule has 1 aromatic heterocycles. The highest BCUT2D eigenvalue weighted by atomic mass is 16.5. The molecule has 0 spiro atoms. The summed E-state index contributed by atoms with van der Waals surface area (Å²) in [5.74, 6) is 2.21. The van der Waals surface area contributed by atoms with Crippen molar-refractivity contribution in [3.05, 3.63) is 11.6 Å². The third-order valence-electron chi connectivity index (χ3n) is 4.42. The molecule has 2 unspecified atom stereocenters. The van der Waals surface area contributed by atoms with Gasteiger partial charge >= 0.3 is 0 Å². The maximum absolute atomic E-state index is 12.1. The van der Waals surface area contributed by atoms with Crippen molar-refractivity contribution in [2.75, 3.05) is 6.61 Å². The molecule has 1 amide bonds. The van der Waals surface area contributed by atoms with Crippen molar-refractivity contribution in [2.45, 2.75) is 70.6 Å². The minimum absolute atomic E-state index is 0.144. The zero-order valence-corrected chi connectivity index (χ0v) is 12.7. The second-order valence-electron chi connectivity index (χ2n) is 5.97. The van der Waals surface area contributed by atoms with Gasteiger partial charge in [-0.05, 0) is 25.7 Å². The molecule has 2 aliphatic rings. The Hall–Kier alpha value is -1.43. The summed E-state index contributed by atoms with van der Waals surface area (Å²) in [6, 6.07) is 0.204. The summed E-state index contributed by atoms with van der Waals surface area (Å²) in [4.78, 5) is 12.1. The summed E-state index contributed by atoms with van der Waals surface area (Å²) in [6.07, 6.45) is 6.65. The maximum atomic E-state index is 12.1. The Balaban J connectivity index is 1.48. The number of rotatable bonds is 5. The van der Waals surface area contributed by atoms with Crippen molar-refractivity contribution in [3.63, 3.8) is 0 Å². The summed E-state index contributed by atoms with van der Waals surface area (Å²) in [5, 5.41) is 11.6. The number of nitrogens with zero attached hydrogens (tertiary/aromatic N) is 3. The first-order valence-electron chi connectivity index (χ1n) is 8.08. The van der Waals surface area contributed by atoms with Gasteiger partial charge in [0.05, 0.1) is 6.10 Å². The molecule has 0 bridgehead atoms. The maximum Gasteiger partial charge on any atom is 0.220 e. The molecule has 0 radical (unpaired) electrons. The fourth-order valence-corrected chi connectivity index (χ4v) is 3.23. The molecule has 2 atom stereocenters. The summed E-state index contributed by atoms with van der Waals surface area (Å²) in [7, 11) is 0. The van der Waals surface area contributed by atoms with E-state index in [0.29, 0.717) is 12.5 Å². The van der Waals surface area contributed by atoms with Crippen molar-refractivity contribution in [1.29, 1.82) is 0 Å². The summed E-state index contributed by atoms with van der Waals surface area (Å²) >= 11 is 0. The van der Waals surface area contributed by atoms with Crippen LogP contribution in [0.2, 0.25) is 0 Å². The molecule has 0 saturated carbocycles. The van der Waals surface area contributed by atoms with E-state index in [4.69, 9.17) is 4.74 Å². The third kappa shape index (κ3) is 3.43. The van der Waals surface area contributed by atoms with Gasteiger partial charge in [0.25, 0.3) is 0 Å². The van der Waals surface area contributed by atoms with Crippen LogP contribution in [0.25, 0.3) is 0 Å². The van der Waals surface area contributed by atoms with E-state index in [2.05, 4.69) is 27.0 Å². The molecule has 0 aromatic carbocycles. The average Bonchev–Trinajstić information content (AvgIpc) is 3.14.